The van der Waals surface area contributed by atoms with E-state index in [4.69, 9.17) is 4.74 Å². The maximum Gasteiger partial charge on any atom is 0.417 e. The highest BCUT2D eigenvalue weighted by Gasteiger charge is 2.43. The summed E-state index contributed by atoms with van der Waals surface area (Å²) >= 11 is 0. The fourth-order valence-electron chi connectivity index (χ4n) is 2.88. The number of hydrogen-bond acceptors (Lipinski definition) is 4. The van der Waals surface area contributed by atoms with Crippen molar-refractivity contribution in [3.05, 3.63) is 36.3 Å². The van der Waals surface area contributed by atoms with Crippen molar-refractivity contribution in [2.75, 3.05) is 19.7 Å². The third-order valence-electron chi connectivity index (χ3n) is 5.06. The molecule has 2 aliphatic heterocycles. The van der Waals surface area contributed by atoms with Crippen LogP contribution in [-0.4, -0.2) is 52.7 Å². The summed E-state index contributed by atoms with van der Waals surface area (Å²) in [6, 6.07) is 0. The van der Waals surface area contributed by atoms with Crippen molar-refractivity contribution >= 4 is 12.0 Å². The Hall–Kier alpha value is -2.31. The minimum Gasteiger partial charge on any atom is -0.449 e. The summed E-state index contributed by atoms with van der Waals surface area (Å²) in [6.45, 7) is 8.67. The van der Waals surface area contributed by atoms with Gasteiger partial charge in [-0.05, 0) is 45.4 Å². The Morgan fingerprint density at radius 3 is 2.52 bits per heavy atom. The van der Waals surface area contributed by atoms with E-state index in [0.717, 1.165) is 12.1 Å². The molecule has 2 heterocycles. The van der Waals surface area contributed by atoms with Gasteiger partial charge >= 0.3 is 6.09 Å². The number of rotatable bonds is 5. The Labute approximate surface area is 160 Å². The molecule has 6 nitrogen and oxygen atoms in total. The summed E-state index contributed by atoms with van der Waals surface area (Å²) in [4.78, 5) is 27.6. The SMILES string of the molecule is CCOC(=O)N1C=CC=C(N2CCC(F)(C(=O)NC(C)(C)CC)CC2)C=C1. The van der Waals surface area contributed by atoms with Crippen molar-refractivity contribution in [3.8, 4) is 0 Å². The average Bonchev–Trinajstić information content (AvgIpc) is 2.88. The molecule has 0 aromatic carbocycles. The number of ether oxygens (including phenoxy) is 1. The summed E-state index contributed by atoms with van der Waals surface area (Å²) in [5.74, 6) is -0.521. The van der Waals surface area contributed by atoms with Crippen LogP contribution in [0, 0.1) is 0 Å². The summed E-state index contributed by atoms with van der Waals surface area (Å²) < 4.78 is 20.1. The van der Waals surface area contributed by atoms with Gasteiger partial charge in [0.15, 0.2) is 5.67 Å². The van der Waals surface area contributed by atoms with Gasteiger partial charge in [-0.2, -0.15) is 0 Å². The summed E-state index contributed by atoms with van der Waals surface area (Å²) in [6.07, 6.45) is 9.21. The predicted octanol–water partition coefficient (Wildman–Crippen LogP) is 3.48. The van der Waals surface area contributed by atoms with Crippen molar-refractivity contribution in [1.29, 1.82) is 0 Å². The maximum atomic E-state index is 15.1. The second-order valence-corrected chi connectivity index (χ2v) is 7.50. The van der Waals surface area contributed by atoms with Crippen LogP contribution < -0.4 is 5.32 Å². The largest absolute Gasteiger partial charge is 0.449 e. The lowest BCUT2D eigenvalue weighted by Crippen LogP contribution is -2.55. The molecule has 0 aliphatic carbocycles. The Kier molecular flexibility index (Phi) is 6.68. The van der Waals surface area contributed by atoms with Crippen LogP contribution in [0.25, 0.3) is 0 Å². The molecule has 2 aliphatic rings. The highest BCUT2D eigenvalue weighted by molar-refractivity contribution is 5.85. The number of piperidine rings is 1. The monoisotopic (exact) mass is 379 g/mol. The second-order valence-electron chi connectivity index (χ2n) is 7.50. The molecule has 0 atom stereocenters. The first-order chi connectivity index (χ1) is 12.7. The molecule has 0 saturated carbocycles. The molecule has 0 radical (unpaired) electrons. The quantitative estimate of drug-likeness (QED) is 0.794. The molecule has 1 fully saturated rings. The number of likely N-dealkylation sites (tertiary alicyclic amines) is 1. The lowest BCUT2D eigenvalue weighted by atomic mass is 9.90. The third kappa shape index (κ3) is 5.34. The molecule has 27 heavy (non-hydrogen) atoms. The van der Waals surface area contributed by atoms with Gasteiger partial charge in [0, 0.05) is 49.6 Å². The van der Waals surface area contributed by atoms with Crippen molar-refractivity contribution in [2.24, 2.45) is 0 Å². The van der Waals surface area contributed by atoms with Crippen LogP contribution in [0.2, 0.25) is 0 Å². The van der Waals surface area contributed by atoms with Gasteiger partial charge in [-0.1, -0.05) is 6.92 Å². The zero-order valence-electron chi connectivity index (χ0n) is 16.6. The number of allylic oxidation sites excluding steroid dienone is 3. The fraction of sp³-hybridized carbons (Fsp3) is 0.600. The van der Waals surface area contributed by atoms with E-state index < -0.39 is 23.2 Å². The summed E-state index contributed by atoms with van der Waals surface area (Å²) in [5, 5.41) is 2.82. The topological polar surface area (TPSA) is 61.9 Å². The second kappa shape index (κ2) is 8.59. The molecule has 0 unspecified atom stereocenters. The highest BCUT2D eigenvalue weighted by atomic mass is 19.1. The Morgan fingerprint density at radius 1 is 1.26 bits per heavy atom. The molecule has 0 spiro atoms. The number of nitrogens with zero attached hydrogens (tertiary/aromatic N) is 2. The third-order valence-corrected chi connectivity index (χ3v) is 5.06. The number of hydrogen-bond donors (Lipinski definition) is 1. The first kappa shape index (κ1) is 21.0. The zero-order valence-corrected chi connectivity index (χ0v) is 16.6. The molecule has 0 aromatic rings. The number of nitrogens with one attached hydrogen (secondary N) is 1. The molecule has 0 aromatic heterocycles. The Bertz CT molecular complexity index is 647. The maximum absolute atomic E-state index is 15.1. The Morgan fingerprint density at radius 2 is 1.93 bits per heavy atom. The molecule has 7 heteroatoms. The van der Waals surface area contributed by atoms with Crippen LogP contribution in [0.3, 0.4) is 0 Å². The number of carbonyl (C=O) groups is 2. The van der Waals surface area contributed by atoms with E-state index in [2.05, 4.69) is 5.32 Å². The van der Waals surface area contributed by atoms with E-state index in [0.29, 0.717) is 19.7 Å². The van der Waals surface area contributed by atoms with Gasteiger partial charge in [0.05, 0.1) is 6.61 Å². The van der Waals surface area contributed by atoms with E-state index in [-0.39, 0.29) is 12.8 Å². The molecule has 1 N–H and O–H groups in total. The molecule has 2 rings (SSSR count). The van der Waals surface area contributed by atoms with Crippen LogP contribution in [0.4, 0.5) is 9.18 Å². The molecule has 1 saturated heterocycles. The predicted molar refractivity (Wildman–Crippen MR) is 102 cm³/mol. The highest BCUT2D eigenvalue weighted by Crippen LogP contribution is 2.30. The summed E-state index contributed by atoms with van der Waals surface area (Å²) in [5.41, 5.74) is -1.39. The van der Waals surface area contributed by atoms with E-state index in [1.54, 1.807) is 31.5 Å². The van der Waals surface area contributed by atoms with Gasteiger partial charge < -0.3 is 15.0 Å². The minimum absolute atomic E-state index is 0.134. The van der Waals surface area contributed by atoms with Gasteiger partial charge in [0.25, 0.3) is 5.91 Å². The fourth-order valence-corrected chi connectivity index (χ4v) is 2.88. The number of alkyl halides is 1. The molecule has 2 amide bonds. The molecular formula is C20H30FN3O3. The van der Waals surface area contributed by atoms with E-state index >= 15 is 4.39 Å². The van der Waals surface area contributed by atoms with Gasteiger partial charge in [0.2, 0.25) is 0 Å². The van der Waals surface area contributed by atoms with Gasteiger partial charge in [0.1, 0.15) is 0 Å². The molecule has 0 bridgehead atoms. The Balaban J connectivity index is 1.96. The van der Waals surface area contributed by atoms with Gasteiger partial charge in [-0.3, -0.25) is 9.69 Å². The van der Waals surface area contributed by atoms with Crippen molar-refractivity contribution in [2.45, 2.75) is 58.2 Å². The van der Waals surface area contributed by atoms with E-state index in [1.165, 1.54) is 4.90 Å². The molecular weight excluding hydrogens is 349 g/mol. The van der Waals surface area contributed by atoms with Gasteiger partial charge in [-0.15, -0.1) is 0 Å². The standard InChI is InChI=1S/C20H30FN3O3/c1-5-19(3,4)22-17(25)20(21)10-14-23(15-11-20)16-8-7-12-24(13-9-16)18(26)27-6-2/h7-9,12-13H,5-6,10-11,14-15H2,1-4H3,(H,22,25). The van der Waals surface area contributed by atoms with Crippen molar-refractivity contribution < 1.29 is 18.7 Å². The van der Waals surface area contributed by atoms with Crippen LogP contribution in [0.5, 0.6) is 0 Å². The van der Waals surface area contributed by atoms with E-state index in [9.17, 15) is 9.59 Å². The normalized spacial score (nSPS) is 19.4. The van der Waals surface area contributed by atoms with Crippen LogP contribution in [0.15, 0.2) is 36.3 Å². The minimum atomic E-state index is -1.84. The molecule has 150 valence electrons. The van der Waals surface area contributed by atoms with Crippen molar-refractivity contribution in [3.63, 3.8) is 0 Å². The van der Waals surface area contributed by atoms with Crippen molar-refractivity contribution in [1.82, 2.24) is 15.1 Å². The number of carbonyl (C=O) groups excluding carboxylic acids is 2. The first-order valence-electron chi connectivity index (χ1n) is 9.49. The average molecular weight is 379 g/mol. The van der Waals surface area contributed by atoms with Crippen LogP contribution in [-0.2, 0) is 9.53 Å². The lowest BCUT2D eigenvalue weighted by Gasteiger charge is -2.38. The summed E-state index contributed by atoms with van der Waals surface area (Å²) in [7, 11) is 0. The number of halogens is 1. The lowest BCUT2D eigenvalue weighted by molar-refractivity contribution is -0.137. The van der Waals surface area contributed by atoms with E-state index in [1.807, 2.05) is 31.7 Å². The van der Waals surface area contributed by atoms with Gasteiger partial charge in [-0.25, -0.2) is 9.18 Å². The zero-order chi connectivity index (χ0) is 20.1. The van der Waals surface area contributed by atoms with Crippen LogP contribution >= 0.6 is 0 Å². The number of amides is 2. The first-order valence-corrected chi connectivity index (χ1v) is 9.49. The van der Waals surface area contributed by atoms with Crippen LogP contribution in [0.1, 0.15) is 47.0 Å². The smallest absolute Gasteiger partial charge is 0.417 e.